The molecule has 0 bridgehead atoms. The van der Waals surface area contributed by atoms with Crippen molar-refractivity contribution in [3.8, 4) is 0 Å². The van der Waals surface area contributed by atoms with Crippen LogP contribution in [-0.4, -0.2) is 23.3 Å². The summed E-state index contributed by atoms with van der Waals surface area (Å²) in [6.07, 6.45) is 2.16. The highest BCUT2D eigenvalue weighted by molar-refractivity contribution is 5.87. The van der Waals surface area contributed by atoms with Crippen molar-refractivity contribution in [2.45, 2.75) is 39.7 Å². The molecule has 1 N–H and O–H groups in total. The average Bonchev–Trinajstić information content (AvgIpc) is 2.01. The first-order valence-corrected chi connectivity index (χ1v) is 4.40. The summed E-state index contributed by atoms with van der Waals surface area (Å²) in [4.78, 5) is 11.3. The maximum Gasteiger partial charge on any atom is 0.333 e. The van der Waals surface area contributed by atoms with E-state index in [0.717, 1.165) is 0 Å². The lowest BCUT2D eigenvalue weighted by Crippen LogP contribution is -2.29. The van der Waals surface area contributed by atoms with E-state index in [1.165, 1.54) is 0 Å². The van der Waals surface area contributed by atoms with Gasteiger partial charge in [0.25, 0.3) is 0 Å². The molecule has 0 atom stereocenters. The second-order valence-electron chi connectivity index (χ2n) is 3.59. The van der Waals surface area contributed by atoms with Crippen molar-refractivity contribution in [3.63, 3.8) is 0 Å². The van der Waals surface area contributed by atoms with Crippen LogP contribution in [0.1, 0.15) is 34.1 Å². The third-order valence-corrected chi connectivity index (χ3v) is 1.84. The molecule has 0 saturated heterocycles. The topological polar surface area (TPSA) is 46.5 Å². The van der Waals surface area contributed by atoms with Crippen LogP contribution >= 0.6 is 0 Å². The highest BCUT2D eigenvalue weighted by atomic mass is 16.6. The molecule has 13 heavy (non-hydrogen) atoms. The number of hydrogen-bond donors (Lipinski definition) is 1. The highest BCUT2D eigenvalue weighted by Gasteiger charge is 2.22. The summed E-state index contributed by atoms with van der Waals surface area (Å²) in [5.74, 6) is -0.319. The van der Waals surface area contributed by atoms with Crippen molar-refractivity contribution in [1.29, 1.82) is 0 Å². The third-order valence-electron chi connectivity index (χ3n) is 1.84. The van der Waals surface area contributed by atoms with E-state index in [-0.39, 0.29) is 12.6 Å². The van der Waals surface area contributed by atoms with Crippen LogP contribution in [-0.2, 0) is 9.53 Å². The van der Waals surface area contributed by atoms with E-state index in [0.29, 0.717) is 12.0 Å². The van der Waals surface area contributed by atoms with E-state index in [4.69, 9.17) is 9.84 Å². The van der Waals surface area contributed by atoms with E-state index >= 15 is 0 Å². The normalized spacial score (nSPS) is 12.8. The second kappa shape index (κ2) is 5.02. The lowest BCUT2D eigenvalue weighted by Gasteiger charge is -2.24. The van der Waals surface area contributed by atoms with E-state index in [9.17, 15) is 4.79 Å². The number of hydrogen-bond acceptors (Lipinski definition) is 3. The zero-order chi connectivity index (χ0) is 10.5. The summed E-state index contributed by atoms with van der Waals surface area (Å²) < 4.78 is 5.16. The first kappa shape index (κ1) is 12.2. The van der Waals surface area contributed by atoms with Gasteiger partial charge >= 0.3 is 5.97 Å². The third kappa shape index (κ3) is 4.68. The van der Waals surface area contributed by atoms with Crippen molar-refractivity contribution in [2.75, 3.05) is 6.61 Å². The summed E-state index contributed by atoms with van der Waals surface area (Å²) in [7, 11) is 0. The van der Waals surface area contributed by atoms with Crippen molar-refractivity contribution >= 4 is 5.97 Å². The molecule has 3 nitrogen and oxygen atoms in total. The molecule has 0 radical (unpaired) electrons. The summed E-state index contributed by atoms with van der Waals surface area (Å²) in [6, 6.07) is 0. The predicted octanol–water partition coefficient (Wildman–Crippen LogP) is 1.66. The molecule has 0 heterocycles. The van der Waals surface area contributed by atoms with Crippen molar-refractivity contribution < 1.29 is 14.6 Å². The maximum absolute atomic E-state index is 11.3. The van der Waals surface area contributed by atoms with Gasteiger partial charge in [0.2, 0.25) is 0 Å². The van der Waals surface area contributed by atoms with Crippen LogP contribution in [0.25, 0.3) is 0 Å². The molecule has 76 valence electrons. The van der Waals surface area contributed by atoms with Gasteiger partial charge in [-0.25, -0.2) is 4.79 Å². The van der Waals surface area contributed by atoms with E-state index in [1.54, 1.807) is 33.8 Å². The van der Waals surface area contributed by atoms with Crippen molar-refractivity contribution in [2.24, 2.45) is 0 Å². The number of aliphatic hydroxyl groups excluding tert-OH is 1. The fourth-order valence-corrected chi connectivity index (χ4v) is 0.770. The first-order chi connectivity index (χ1) is 5.93. The van der Waals surface area contributed by atoms with Gasteiger partial charge in [-0.3, -0.25) is 0 Å². The van der Waals surface area contributed by atoms with Crippen LogP contribution in [0.5, 0.6) is 0 Å². The first-order valence-electron chi connectivity index (χ1n) is 4.40. The van der Waals surface area contributed by atoms with Gasteiger partial charge in [-0.2, -0.15) is 0 Å². The van der Waals surface area contributed by atoms with Gasteiger partial charge in [-0.1, -0.05) is 6.08 Å². The largest absolute Gasteiger partial charge is 0.456 e. The van der Waals surface area contributed by atoms with Gasteiger partial charge in [0.15, 0.2) is 0 Å². The van der Waals surface area contributed by atoms with E-state index < -0.39 is 5.60 Å². The zero-order valence-corrected chi connectivity index (χ0v) is 8.76. The number of ether oxygens (including phenoxy) is 1. The lowest BCUT2D eigenvalue weighted by atomic mass is 10.1. The molecule has 0 aliphatic carbocycles. The fraction of sp³-hybridized carbons (Fsp3) is 0.700. The van der Waals surface area contributed by atoms with Gasteiger partial charge in [0.1, 0.15) is 5.60 Å². The molecule has 0 rings (SSSR count). The Morgan fingerprint density at radius 2 is 2.08 bits per heavy atom. The van der Waals surface area contributed by atoms with Crippen LogP contribution in [0.2, 0.25) is 0 Å². The maximum atomic E-state index is 11.3. The zero-order valence-electron chi connectivity index (χ0n) is 8.76. The molecule has 0 saturated carbocycles. The minimum atomic E-state index is -0.587. The number of allylic oxidation sites excluding steroid dienone is 1. The van der Waals surface area contributed by atoms with E-state index in [1.807, 2.05) is 0 Å². The molecule has 0 aliphatic heterocycles. The highest BCUT2D eigenvalue weighted by Crippen LogP contribution is 2.15. The number of carbonyl (C=O) groups is 1. The quantitative estimate of drug-likeness (QED) is 0.536. The minimum absolute atomic E-state index is 0.0230. The lowest BCUT2D eigenvalue weighted by molar-refractivity contribution is -0.152. The van der Waals surface area contributed by atoms with Crippen LogP contribution in [0.15, 0.2) is 11.6 Å². The minimum Gasteiger partial charge on any atom is -0.456 e. The Hall–Kier alpha value is -0.830. The predicted molar refractivity (Wildman–Crippen MR) is 51.3 cm³/mol. The summed E-state index contributed by atoms with van der Waals surface area (Å²) in [5, 5.41) is 8.70. The van der Waals surface area contributed by atoms with Crippen molar-refractivity contribution in [1.82, 2.24) is 0 Å². The average molecular weight is 186 g/mol. The molecule has 0 aromatic rings. The second-order valence-corrected chi connectivity index (χ2v) is 3.59. The molecule has 0 aliphatic rings. The van der Waals surface area contributed by atoms with Gasteiger partial charge in [0, 0.05) is 18.6 Å². The Morgan fingerprint density at radius 3 is 2.46 bits per heavy atom. The monoisotopic (exact) mass is 186 g/mol. The van der Waals surface area contributed by atoms with Gasteiger partial charge in [0.05, 0.1) is 0 Å². The van der Waals surface area contributed by atoms with Crippen molar-refractivity contribution in [3.05, 3.63) is 11.6 Å². The number of aliphatic hydroxyl groups is 1. The van der Waals surface area contributed by atoms with Gasteiger partial charge in [-0.05, 0) is 27.7 Å². The Labute approximate surface area is 79.4 Å². The number of esters is 1. The molecule has 0 unspecified atom stereocenters. The van der Waals surface area contributed by atoms with E-state index in [2.05, 4.69) is 0 Å². The molecule has 0 aromatic carbocycles. The Morgan fingerprint density at radius 1 is 1.54 bits per heavy atom. The Kier molecular flexibility index (Phi) is 4.70. The molecular formula is C10H18O3. The molecule has 0 aromatic heterocycles. The SMILES string of the molecule is CC=C(C)C(=O)OC(C)(C)CCO. The van der Waals surface area contributed by atoms with Crippen LogP contribution in [0.3, 0.4) is 0 Å². The fourth-order valence-electron chi connectivity index (χ4n) is 0.770. The molecule has 0 amide bonds. The summed E-state index contributed by atoms with van der Waals surface area (Å²) in [6.45, 7) is 7.08. The molecule has 3 heteroatoms. The summed E-state index contributed by atoms with van der Waals surface area (Å²) >= 11 is 0. The number of carbonyl (C=O) groups excluding carboxylic acids is 1. The van der Waals surface area contributed by atoms with Crippen LogP contribution in [0, 0.1) is 0 Å². The number of rotatable bonds is 4. The Balaban J connectivity index is 4.19. The van der Waals surface area contributed by atoms with Gasteiger partial charge < -0.3 is 9.84 Å². The van der Waals surface area contributed by atoms with Crippen LogP contribution < -0.4 is 0 Å². The Bertz CT molecular complexity index is 204. The van der Waals surface area contributed by atoms with Gasteiger partial charge in [-0.15, -0.1) is 0 Å². The smallest absolute Gasteiger partial charge is 0.333 e. The summed E-state index contributed by atoms with van der Waals surface area (Å²) in [5.41, 5.74) is 0.00170. The molecule has 0 spiro atoms. The van der Waals surface area contributed by atoms with Crippen LogP contribution in [0.4, 0.5) is 0 Å². The molecule has 0 fully saturated rings. The molecular weight excluding hydrogens is 168 g/mol. The standard InChI is InChI=1S/C10H18O3/c1-5-8(2)9(12)13-10(3,4)6-7-11/h5,11H,6-7H2,1-4H3.